The van der Waals surface area contributed by atoms with Crippen molar-refractivity contribution in [3.63, 3.8) is 0 Å². The molecule has 0 heterocycles. The van der Waals surface area contributed by atoms with Gasteiger partial charge in [0.15, 0.2) is 0 Å². The maximum Gasteiger partial charge on any atom is 0.393 e. The number of rotatable bonds is 1. The van der Waals surface area contributed by atoms with E-state index in [4.69, 9.17) is 0 Å². The van der Waals surface area contributed by atoms with Crippen LogP contribution < -0.4 is 0 Å². The van der Waals surface area contributed by atoms with E-state index in [1.165, 1.54) is 0 Å². The van der Waals surface area contributed by atoms with E-state index in [1.807, 2.05) is 0 Å². The average molecular weight is 162 g/mol. The maximum absolute atomic E-state index is 11.8. The summed E-state index contributed by atoms with van der Waals surface area (Å²) in [5.41, 5.74) is 0.392. The quantitative estimate of drug-likeness (QED) is 0.555. The Morgan fingerprint density at radius 2 is 2.00 bits per heavy atom. The lowest BCUT2D eigenvalue weighted by molar-refractivity contribution is -0.126. The van der Waals surface area contributed by atoms with Crippen LogP contribution >= 0.6 is 0 Å². The SMILES string of the molecule is FC(F)(F)CC1=CCCC=C1. The molecule has 0 aromatic heterocycles. The fourth-order valence-electron chi connectivity index (χ4n) is 1.03. The zero-order valence-corrected chi connectivity index (χ0v) is 5.99. The van der Waals surface area contributed by atoms with Gasteiger partial charge in [0.05, 0.1) is 6.42 Å². The Morgan fingerprint density at radius 1 is 1.27 bits per heavy atom. The van der Waals surface area contributed by atoms with E-state index in [0.717, 1.165) is 12.8 Å². The summed E-state index contributed by atoms with van der Waals surface area (Å²) in [6.45, 7) is 0. The van der Waals surface area contributed by atoms with Crippen LogP contribution in [0.1, 0.15) is 19.3 Å². The van der Waals surface area contributed by atoms with Gasteiger partial charge in [0.2, 0.25) is 0 Å². The van der Waals surface area contributed by atoms with Gasteiger partial charge in [-0.15, -0.1) is 0 Å². The molecular formula is C8H9F3. The fourth-order valence-corrected chi connectivity index (χ4v) is 1.03. The molecule has 1 rings (SSSR count). The molecule has 11 heavy (non-hydrogen) atoms. The van der Waals surface area contributed by atoms with Gasteiger partial charge >= 0.3 is 6.18 Å². The molecular weight excluding hydrogens is 153 g/mol. The molecule has 0 fully saturated rings. The number of hydrogen-bond donors (Lipinski definition) is 0. The van der Waals surface area contributed by atoms with E-state index in [9.17, 15) is 13.2 Å². The zero-order chi connectivity index (χ0) is 8.32. The predicted molar refractivity (Wildman–Crippen MR) is 37.1 cm³/mol. The summed E-state index contributed by atoms with van der Waals surface area (Å²) in [7, 11) is 0. The Hall–Kier alpha value is -0.730. The first-order valence-corrected chi connectivity index (χ1v) is 3.50. The highest BCUT2D eigenvalue weighted by molar-refractivity contribution is 5.22. The molecule has 0 saturated carbocycles. The third-order valence-corrected chi connectivity index (χ3v) is 1.48. The van der Waals surface area contributed by atoms with Gasteiger partial charge < -0.3 is 0 Å². The van der Waals surface area contributed by atoms with E-state index in [-0.39, 0.29) is 0 Å². The lowest BCUT2D eigenvalue weighted by Gasteiger charge is -2.09. The van der Waals surface area contributed by atoms with Gasteiger partial charge in [0, 0.05) is 0 Å². The molecule has 0 saturated heterocycles. The molecule has 0 spiro atoms. The maximum atomic E-state index is 11.8. The van der Waals surface area contributed by atoms with Crippen LogP contribution in [-0.2, 0) is 0 Å². The highest BCUT2D eigenvalue weighted by atomic mass is 19.4. The summed E-state index contributed by atoms with van der Waals surface area (Å²) >= 11 is 0. The number of alkyl halides is 3. The number of allylic oxidation sites excluding steroid dienone is 4. The summed E-state index contributed by atoms with van der Waals surface area (Å²) in [5.74, 6) is 0. The third kappa shape index (κ3) is 3.25. The van der Waals surface area contributed by atoms with E-state index in [2.05, 4.69) is 0 Å². The van der Waals surface area contributed by atoms with Crippen LogP contribution in [0.3, 0.4) is 0 Å². The molecule has 0 aromatic rings. The van der Waals surface area contributed by atoms with Crippen molar-refractivity contribution in [1.29, 1.82) is 0 Å². The first-order chi connectivity index (χ1) is 5.08. The molecule has 0 N–H and O–H groups in total. The number of hydrogen-bond acceptors (Lipinski definition) is 0. The largest absolute Gasteiger partial charge is 0.393 e. The smallest absolute Gasteiger partial charge is 0.171 e. The van der Waals surface area contributed by atoms with Crippen LogP contribution in [0.5, 0.6) is 0 Å². The lowest BCUT2D eigenvalue weighted by Crippen LogP contribution is -2.08. The summed E-state index contributed by atoms with van der Waals surface area (Å²) in [4.78, 5) is 0. The molecule has 1 aliphatic rings. The topological polar surface area (TPSA) is 0 Å². The standard InChI is InChI=1S/C8H9F3/c9-8(10,11)6-7-4-2-1-3-5-7/h2,4-5H,1,3,6H2. The van der Waals surface area contributed by atoms with E-state index >= 15 is 0 Å². The minimum Gasteiger partial charge on any atom is -0.171 e. The highest BCUT2D eigenvalue weighted by Gasteiger charge is 2.27. The zero-order valence-electron chi connectivity index (χ0n) is 5.99. The van der Waals surface area contributed by atoms with Crippen LogP contribution in [0.15, 0.2) is 23.8 Å². The summed E-state index contributed by atoms with van der Waals surface area (Å²) in [5, 5.41) is 0. The molecule has 0 radical (unpaired) electrons. The van der Waals surface area contributed by atoms with Crippen LogP contribution in [-0.4, -0.2) is 6.18 Å². The molecule has 0 aliphatic heterocycles. The molecule has 0 unspecified atom stereocenters. The Balaban J connectivity index is 2.49. The summed E-state index contributed by atoms with van der Waals surface area (Å²) in [6.07, 6.45) is 1.73. The van der Waals surface area contributed by atoms with Crippen molar-refractivity contribution in [1.82, 2.24) is 0 Å². The predicted octanol–water partition coefficient (Wildman–Crippen LogP) is 3.22. The highest BCUT2D eigenvalue weighted by Crippen LogP contribution is 2.26. The van der Waals surface area contributed by atoms with Gasteiger partial charge in [-0.05, 0) is 18.4 Å². The van der Waals surface area contributed by atoms with Crippen LogP contribution in [0.2, 0.25) is 0 Å². The molecule has 0 amide bonds. The van der Waals surface area contributed by atoms with Gasteiger partial charge in [-0.25, -0.2) is 0 Å². The molecule has 0 aromatic carbocycles. The Kier molecular flexibility index (Phi) is 2.37. The molecule has 0 bridgehead atoms. The minimum atomic E-state index is -4.06. The lowest BCUT2D eigenvalue weighted by atomic mass is 10.0. The van der Waals surface area contributed by atoms with Crippen molar-refractivity contribution in [2.45, 2.75) is 25.4 Å². The van der Waals surface area contributed by atoms with Crippen molar-refractivity contribution in [2.24, 2.45) is 0 Å². The van der Waals surface area contributed by atoms with Gasteiger partial charge in [-0.3, -0.25) is 0 Å². The molecule has 1 aliphatic carbocycles. The average Bonchev–Trinajstić information content (AvgIpc) is 1.85. The van der Waals surface area contributed by atoms with Crippen LogP contribution in [0.4, 0.5) is 13.2 Å². The summed E-state index contributed by atoms with van der Waals surface area (Å²) in [6, 6.07) is 0. The van der Waals surface area contributed by atoms with Crippen LogP contribution in [0.25, 0.3) is 0 Å². The number of halogens is 3. The molecule has 62 valence electrons. The van der Waals surface area contributed by atoms with Crippen LogP contribution in [0, 0.1) is 0 Å². The monoisotopic (exact) mass is 162 g/mol. The van der Waals surface area contributed by atoms with Gasteiger partial charge in [-0.2, -0.15) is 13.2 Å². The summed E-state index contributed by atoms with van der Waals surface area (Å²) < 4.78 is 35.3. The van der Waals surface area contributed by atoms with E-state index < -0.39 is 12.6 Å². The normalized spacial score (nSPS) is 18.3. The minimum absolute atomic E-state index is 0.392. The van der Waals surface area contributed by atoms with Crippen molar-refractivity contribution < 1.29 is 13.2 Å². The fraction of sp³-hybridized carbons (Fsp3) is 0.500. The third-order valence-electron chi connectivity index (χ3n) is 1.48. The van der Waals surface area contributed by atoms with Crippen molar-refractivity contribution in [3.05, 3.63) is 23.8 Å². The van der Waals surface area contributed by atoms with Crippen molar-refractivity contribution in [3.8, 4) is 0 Å². The molecule has 0 nitrogen and oxygen atoms in total. The molecule has 3 heteroatoms. The molecule has 0 atom stereocenters. The second kappa shape index (κ2) is 3.11. The van der Waals surface area contributed by atoms with Crippen molar-refractivity contribution in [2.75, 3.05) is 0 Å². The second-order valence-corrected chi connectivity index (χ2v) is 2.55. The Morgan fingerprint density at radius 3 is 2.45 bits per heavy atom. The Bertz CT molecular complexity index is 186. The van der Waals surface area contributed by atoms with Crippen molar-refractivity contribution >= 4 is 0 Å². The second-order valence-electron chi connectivity index (χ2n) is 2.55. The first-order valence-electron chi connectivity index (χ1n) is 3.50. The Labute approximate surface area is 63.4 Å². The van der Waals surface area contributed by atoms with Gasteiger partial charge in [0.25, 0.3) is 0 Å². The van der Waals surface area contributed by atoms with E-state index in [0.29, 0.717) is 5.57 Å². The van der Waals surface area contributed by atoms with Gasteiger partial charge in [-0.1, -0.05) is 18.2 Å². The van der Waals surface area contributed by atoms with E-state index in [1.54, 1.807) is 18.2 Å². The van der Waals surface area contributed by atoms with Gasteiger partial charge in [0.1, 0.15) is 0 Å². The first kappa shape index (κ1) is 8.37.